The first-order valence-electron chi connectivity index (χ1n) is 5.41. The van der Waals surface area contributed by atoms with E-state index in [-0.39, 0.29) is 17.6 Å². The smallest absolute Gasteiger partial charge is 0.309 e. The van der Waals surface area contributed by atoms with Crippen molar-refractivity contribution in [2.45, 2.75) is 18.7 Å². The summed E-state index contributed by atoms with van der Waals surface area (Å²) in [5, 5.41) is 10.9. The van der Waals surface area contributed by atoms with Crippen molar-refractivity contribution in [2.24, 2.45) is 5.92 Å². The highest BCUT2D eigenvalue weighted by Crippen LogP contribution is 2.31. The number of carbonyl (C=O) groups excluding carboxylic acids is 1. The minimum atomic E-state index is -0.405. The van der Waals surface area contributed by atoms with Crippen LogP contribution < -0.4 is 0 Å². The molecule has 0 heterocycles. The number of nitro groups is 1. The summed E-state index contributed by atoms with van der Waals surface area (Å²) in [6.45, 7) is 3.54. The van der Waals surface area contributed by atoms with Crippen molar-refractivity contribution >= 4 is 23.4 Å². The Hall–Kier alpha value is -1.56. The second-order valence-electron chi connectivity index (χ2n) is 3.96. The van der Waals surface area contributed by atoms with Crippen LogP contribution in [0.3, 0.4) is 0 Å². The summed E-state index contributed by atoms with van der Waals surface area (Å²) in [5.74, 6) is -0.144. The Balaban J connectivity index is 2.79. The number of hydrogen-bond acceptors (Lipinski definition) is 5. The maximum Gasteiger partial charge on any atom is 0.309 e. The van der Waals surface area contributed by atoms with Crippen LogP contribution in [0.2, 0.25) is 0 Å². The first kappa shape index (κ1) is 14.5. The second-order valence-corrected chi connectivity index (χ2v) is 5.03. The highest BCUT2D eigenvalue weighted by atomic mass is 32.2. The van der Waals surface area contributed by atoms with E-state index in [9.17, 15) is 14.9 Å². The molecule has 0 aliphatic carbocycles. The Bertz CT molecular complexity index is 461. The van der Waals surface area contributed by atoms with Gasteiger partial charge >= 0.3 is 5.97 Å². The number of esters is 1. The van der Waals surface area contributed by atoms with E-state index in [0.29, 0.717) is 10.6 Å². The van der Waals surface area contributed by atoms with Gasteiger partial charge in [-0.2, -0.15) is 0 Å². The molecule has 1 unspecified atom stereocenters. The fourth-order valence-electron chi connectivity index (χ4n) is 1.38. The van der Waals surface area contributed by atoms with Gasteiger partial charge < -0.3 is 4.74 Å². The van der Waals surface area contributed by atoms with Gasteiger partial charge in [0, 0.05) is 11.8 Å². The first-order valence-corrected chi connectivity index (χ1v) is 6.40. The standard InChI is InChI=1S/C12H15NO4S/c1-8-4-5-11(10(6-8)13(15)16)18-7-9(2)12(14)17-3/h4-6,9H,7H2,1-3H3. The lowest BCUT2D eigenvalue weighted by atomic mass is 10.2. The average molecular weight is 269 g/mol. The molecule has 18 heavy (non-hydrogen) atoms. The number of hydrogen-bond donors (Lipinski definition) is 0. The van der Waals surface area contributed by atoms with E-state index >= 15 is 0 Å². The second kappa shape index (κ2) is 6.39. The molecule has 5 nitrogen and oxygen atoms in total. The van der Waals surface area contributed by atoms with E-state index in [1.54, 1.807) is 19.9 Å². The van der Waals surface area contributed by atoms with Gasteiger partial charge in [0.2, 0.25) is 0 Å². The molecule has 98 valence electrons. The van der Waals surface area contributed by atoms with Crippen LogP contribution in [-0.2, 0) is 9.53 Å². The monoisotopic (exact) mass is 269 g/mol. The van der Waals surface area contributed by atoms with Crippen molar-refractivity contribution in [1.82, 2.24) is 0 Å². The van der Waals surface area contributed by atoms with Crippen molar-refractivity contribution in [2.75, 3.05) is 12.9 Å². The Morgan fingerprint density at radius 1 is 1.56 bits per heavy atom. The van der Waals surface area contributed by atoms with Gasteiger partial charge in [0.25, 0.3) is 5.69 Å². The molecule has 0 saturated heterocycles. The molecular weight excluding hydrogens is 254 g/mol. The van der Waals surface area contributed by atoms with Crippen LogP contribution >= 0.6 is 11.8 Å². The summed E-state index contributed by atoms with van der Waals surface area (Å²) in [5.41, 5.74) is 0.920. The molecule has 0 amide bonds. The molecule has 0 spiro atoms. The normalized spacial score (nSPS) is 11.9. The van der Waals surface area contributed by atoms with Crippen molar-refractivity contribution in [3.05, 3.63) is 33.9 Å². The van der Waals surface area contributed by atoms with Gasteiger partial charge in [0.1, 0.15) is 0 Å². The summed E-state index contributed by atoms with van der Waals surface area (Å²) >= 11 is 1.29. The highest BCUT2D eigenvalue weighted by Gasteiger charge is 2.18. The number of benzene rings is 1. The van der Waals surface area contributed by atoms with Crippen LogP contribution in [0.1, 0.15) is 12.5 Å². The topological polar surface area (TPSA) is 69.4 Å². The lowest BCUT2D eigenvalue weighted by Crippen LogP contribution is -2.14. The molecule has 1 aromatic carbocycles. The summed E-state index contributed by atoms with van der Waals surface area (Å²) in [6.07, 6.45) is 0. The number of nitrogens with zero attached hydrogens (tertiary/aromatic N) is 1. The lowest BCUT2D eigenvalue weighted by Gasteiger charge is -2.09. The molecule has 0 aliphatic rings. The van der Waals surface area contributed by atoms with E-state index < -0.39 is 4.92 Å². The van der Waals surface area contributed by atoms with E-state index in [1.807, 2.05) is 6.07 Å². The van der Waals surface area contributed by atoms with Gasteiger partial charge in [-0.3, -0.25) is 14.9 Å². The molecule has 0 bridgehead atoms. The van der Waals surface area contributed by atoms with Gasteiger partial charge in [-0.1, -0.05) is 13.0 Å². The largest absolute Gasteiger partial charge is 0.469 e. The SMILES string of the molecule is COC(=O)C(C)CSc1ccc(C)cc1[N+](=O)[O-]. The van der Waals surface area contributed by atoms with Gasteiger partial charge in [-0.25, -0.2) is 0 Å². The molecule has 0 saturated carbocycles. The Morgan fingerprint density at radius 3 is 2.78 bits per heavy atom. The molecule has 0 radical (unpaired) electrons. The van der Waals surface area contributed by atoms with E-state index in [1.165, 1.54) is 24.9 Å². The molecule has 0 aliphatic heterocycles. The number of rotatable bonds is 5. The van der Waals surface area contributed by atoms with Crippen LogP contribution in [0.15, 0.2) is 23.1 Å². The van der Waals surface area contributed by atoms with Crippen molar-refractivity contribution in [3.8, 4) is 0 Å². The summed E-state index contributed by atoms with van der Waals surface area (Å²) in [6, 6.07) is 5.06. The van der Waals surface area contributed by atoms with Crippen LogP contribution in [0.4, 0.5) is 5.69 Å². The van der Waals surface area contributed by atoms with Crippen molar-refractivity contribution in [3.63, 3.8) is 0 Å². The fraction of sp³-hybridized carbons (Fsp3) is 0.417. The molecule has 0 fully saturated rings. The maximum absolute atomic E-state index is 11.2. The number of methoxy groups -OCH3 is 1. The predicted molar refractivity (Wildman–Crippen MR) is 69.7 cm³/mol. The van der Waals surface area contributed by atoms with Gasteiger partial charge in [-0.05, 0) is 18.6 Å². The Kier molecular flexibility index (Phi) is 5.15. The minimum absolute atomic E-state index is 0.0806. The van der Waals surface area contributed by atoms with Gasteiger partial charge in [-0.15, -0.1) is 11.8 Å². The number of carbonyl (C=O) groups is 1. The quantitative estimate of drug-likeness (QED) is 0.356. The average Bonchev–Trinajstić information content (AvgIpc) is 2.35. The van der Waals surface area contributed by atoms with Crippen LogP contribution in [0.25, 0.3) is 0 Å². The van der Waals surface area contributed by atoms with Crippen LogP contribution in [0, 0.1) is 23.0 Å². The fourth-order valence-corrected chi connectivity index (χ4v) is 2.39. The van der Waals surface area contributed by atoms with E-state index in [0.717, 1.165) is 5.56 Å². The third kappa shape index (κ3) is 3.73. The number of thioether (sulfide) groups is 1. The zero-order valence-corrected chi connectivity index (χ0v) is 11.3. The first-order chi connectivity index (χ1) is 8.45. The van der Waals surface area contributed by atoms with E-state index in [2.05, 4.69) is 4.74 Å². The minimum Gasteiger partial charge on any atom is -0.469 e. The van der Waals surface area contributed by atoms with Gasteiger partial charge in [0.05, 0.1) is 22.8 Å². The lowest BCUT2D eigenvalue weighted by molar-refractivity contribution is -0.387. The Labute approximate surface area is 110 Å². The molecule has 1 atom stereocenters. The molecule has 1 rings (SSSR count). The molecule has 0 N–H and O–H groups in total. The van der Waals surface area contributed by atoms with Crippen LogP contribution in [0.5, 0.6) is 0 Å². The Morgan fingerprint density at radius 2 is 2.22 bits per heavy atom. The molecule has 1 aromatic rings. The van der Waals surface area contributed by atoms with E-state index in [4.69, 9.17) is 0 Å². The summed E-state index contributed by atoms with van der Waals surface area (Å²) < 4.78 is 4.61. The third-order valence-electron chi connectivity index (χ3n) is 2.40. The number of nitro benzene ring substituents is 1. The molecule has 0 aromatic heterocycles. The number of aryl methyl sites for hydroxylation is 1. The zero-order valence-electron chi connectivity index (χ0n) is 10.5. The van der Waals surface area contributed by atoms with Crippen LogP contribution in [-0.4, -0.2) is 23.8 Å². The predicted octanol–water partition coefficient (Wildman–Crippen LogP) is 2.80. The third-order valence-corrected chi connectivity index (χ3v) is 3.73. The zero-order chi connectivity index (χ0) is 13.7. The van der Waals surface area contributed by atoms with Crippen molar-refractivity contribution < 1.29 is 14.5 Å². The number of ether oxygens (including phenoxy) is 1. The van der Waals surface area contributed by atoms with Crippen molar-refractivity contribution in [1.29, 1.82) is 0 Å². The highest BCUT2D eigenvalue weighted by molar-refractivity contribution is 7.99. The van der Waals surface area contributed by atoms with Gasteiger partial charge in [0.15, 0.2) is 0 Å². The maximum atomic E-state index is 11.2. The summed E-state index contributed by atoms with van der Waals surface area (Å²) in [7, 11) is 1.33. The molecule has 6 heteroatoms. The summed E-state index contributed by atoms with van der Waals surface area (Å²) in [4.78, 5) is 22.3. The molecular formula is C12H15NO4S.